The van der Waals surface area contributed by atoms with E-state index in [1.807, 2.05) is 22.6 Å². The van der Waals surface area contributed by atoms with E-state index in [-0.39, 0.29) is 16.3 Å². The summed E-state index contributed by atoms with van der Waals surface area (Å²) in [4.78, 5) is 14.5. The van der Waals surface area contributed by atoms with Gasteiger partial charge < -0.3 is 9.72 Å². The first-order valence-electron chi connectivity index (χ1n) is 4.18. The van der Waals surface area contributed by atoms with Gasteiger partial charge in [0, 0.05) is 6.20 Å². The third-order valence-electron chi connectivity index (χ3n) is 2.12. The van der Waals surface area contributed by atoms with Gasteiger partial charge in [-0.15, -0.1) is 0 Å². The number of methoxy groups -OCH3 is 1. The van der Waals surface area contributed by atoms with Crippen LogP contribution in [0.3, 0.4) is 0 Å². The Morgan fingerprint density at radius 3 is 2.87 bits per heavy atom. The standard InChI is InChI=1S/C10H7FINO2/c1-15-7-3-2-5(11)9-8(7)10(14)6(12)4-13-9/h2-4H,1H3,(H,13,14). The summed E-state index contributed by atoms with van der Waals surface area (Å²) in [6, 6.07) is 2.72. The summed E-state index contributed by atoms with van der Waals surface area (Å²) in [7, 11) is 1.45. The quantitative estimate of drug-likeness (QED) is 0.820. The highest BCUT2D eigenvalue weighted by atomic mass is 127. The number of ether oxygens (including phenoxy) is 1. The van der Waals surface area contributed by atoms with Gasteiger partial charge in [0.05, 0.1) is 21.6 Å². The summed E-state index contributed by atoms with van der Waals surface area (Å²) in [5.74, 6) is -0.0783. The van der Waals surface area contributed by atoms with E-state index in [0.717, 1.165) is 0 Å². The maximum Gasteiger partial charge on any atom is 0.206 e. The van der Waals surface area contributed by atoms with Crippen molar-refractivity contribution in [1.82, 2.24) is 4.98 Å². The van der Waals surface area contributed by atoms with Crippen molar-refractivity contribution in [3.8, 4) is 5.75 Å². The third-order valence-corrected chi connectivity index (χ3v) is 2.92. The summed E-state index contributed by atoms with van der Waals surface area (Å²) < 4.78 is 18.9. The molecule has 0 radical (unpaired) electrons. The van der Waals surface area contributed by atoms with Crippen LogP contribution in [0.1, 0.15) is 0 Å². The van der Waals surface area contributed by atoms with Gasteiger partial charge >= 0.3 is 0 Å². The zero-order valence-corrected chi connectivity index (χ0v) is 9.96. The number of nitrogens with one attached hydrogen (secondary N) is 1. The number of hydrogen-bond donors (Lipinski definition) is 1. The molecule has 78 valence electrons. The molecule has 1 aromatic carbocycles. The molecule has 0 unspecified atom stereocenters. The lowest BCUT2D eigenvalue weighted by molar-refractivity contribution is 0.419. The van der Waals surface area contributed by atoms with Gasteiger partial charge in [0.2, 0.25) is 5.43 Å². The Morgan fingerprint density at radius 2 is 2.20 bits per heavy atom. The van der Waals surface area contributed by atoms with Crippen LogP contribution in [0.15, 0.2) is 23.1 Å². The molecule has 0 atom stereocenters. The number of rotatable bonds is 1. The van der Waals surface area contributed by atoms with Gasteiger partial charge in [0.15, 0.2) is 0 Å². The fraction of sp³-hybridized carbons (Fsp3) is 0.100. The lowest BCUT2D eigenvalue weighted by Gasteiger charge is -2.05. The lowest BCUT2D eigenvalue weighted by Crippen LogP contribution is -2.08. The van der Waals surface area contributed by atoms with Gasteiger partial charge in [-0.2, -0.15) is 0 Å². The summed E-state index contributed by atoms with van der Waals surface area (Å²) in [5.41, 5.74) is -0.0412. The molecule has 0 fully saturated rings. The van der Waals surface area contributed by atoms with Crippen LogP contribution in [0.2, 0.25) is 0 Å². The number of aromatic nitrogens is 1. The highest BCUT2D eigenvalue weighted by Gasteiger charge is 2.11. The second-order valence-electron chi connectivity index (χ2n) is 2.97. The molecule has 2 aromatic rings. The van der Waals surface area contributed by atoms with Crippen LogP contribution >= 0.6 is 22.6 Å². The van der Waals surface area contributed by atoms with Gasteiger partial charge in [0.1, 0.15) is 11.6 Å². The maximum atomic E-state index is 13.4. The minimum absolute atomic E-state index is 0.180. The number of halogens is 2. The maximum absolute atomic E-state index is 13.4. The molecule has 0 amide bonds. The van der Waals surface area contributed by atoms with E-state index in [2.05, 4.69) is 4.98 Å². The van der Waals surface area contributed by atoms with Gasteiger partial charge in [-0.05, 0) is 34.7 Å². The second kappa shape index (κ2) is 3.80. The summed E-state index contributed by atoms with van der Waals surface area (Å²) in [6.45, 7) is 0. The van der Waals surface area contributed by atoms with E-state index < -0.39 is 5.82 Å². The number of fused-ring (bicyclic) bond motifs is 1. The van der Waals surface area contributed by atoms with Crippen molar-refractivity contribution >= 4 is 33.5 Å². The highest BCUT2D eigenvalue weighted by molar-refractivity contribution is 14.1. The molecule has 1 aromatic heterocycles. The van der Waals surface area contributed by atoms with Crippen LogP contribution in [0, 0.1) is 9.39 Å². The molecule has 15 heavy (non-hydrogen) atoms. The molecule has 0 bridgehead atoms. The molecule has 0 saturated heterocycles. The van der Waals surface area contributed by atoms with Gasteiger partial charge in [-0.25, -0.2) is 4.39 Å². The predicted molar refractivity (Wildman–Crippen MR) is 63.8 cm³/mol. The number of hydrogen-bond acceptors (Lipinski definition) is 2. The number of pyridine rings is 1. The van der Waals surface area contributed by atoms with E-state index in [1.54, 1.807) is 0 Å². The van der Waals surface area contributed by atoms with Gasteiger partial charge in [-0.3, -0.25) is 4.79 Å². The largest absolute Gasteiger partial charge is 0.496 e. The van der Waals surface area contributed by atoms with Crippen LogP contribution in [0.4, 0.5) is 4.39 Å². The van der Waals surface area contributed by atoms with Crippen molar-refractivity contribution in [3.63, 3.8) is 0 Å². The predicted octanol–water partition coefficient (Wildman–Crippen LogP) is 2.28. The van der Waals surface area contributed by atoms with Crippen molar-refractivity contribution in [1.29, 1.82) is 0 Å². The van der Waals surface area contributed by atoms with Crippen molar-refractivity contribution in [2.75, 3.05) is 7.11 Å². The smallest absolute Gasteiger partial charge is 0.206 e. The molecule has 0 saturated carbocycles. The fourth-order valence-corrected chi connectivity index (χ4v) is 1.84. The number of benzene rings is 1. The first kappa shape index (κ1) is 10.4. The highest BCUT2D eigenvalue weighted by Crippen LogP contribution is 2.23. The van der Waals surface area contributed by atoms with Crippen LogP contribution in [-0.2, 0) is 0 Å². The van der Waals surface area contributed by atoms with Crippen molar-refractivity contribution in [2.45, 2.75) is 0 Å². The molecule has 0 aliphatic carbocycles. The Labute approximate surface area is 98.4 Å². The van der Waals surface area contributed by atoms with E-state index in [0.29, 0.717) is 9.32 Å². The minimum atomic E-state index is -0.459. The van der Waals surface area contributed by atoms with E-state index >= 15 is 0 Å². The number of H-pyrrole nitrogens is 1. The average molecular weight is 319 g/mol. The zero-order valence-electron chi connectivity index (χ0n) is 7.80. The monoisotopic (exact) mass is 319 g/mol. The third kappa shape index (κ3) is 1.60. The lowest BCUT2D eigenvalue weighted by atomic mass is 10.2. The molecule has 3 nitrogen and oxygen atoms in total. The number of aromatic amines is 1. The van der Waals surface area contributed by atoms with E-state index in [9.17, 15) is 9.18 Å². The molecule has 0 aliphatic heterocycles. The van der Waals surface area contributed by atoms with Crippen LogP contribution in [0.25, 0.3) is 10.9 Å². The Hall–Kier alpha value is -1.11. The van der Waals surface area contributed by atoms with Gasteiger partial charge in [-0.1, -0.05) is 0 Å². The van der Waals surface area contributed by atoms with Crippen LogP contribution in [0.5, 0.6) is 5.75 Å². The van der Waals surface area contributed by atoms with Gasteiger partial charge in [0.25, 0.3) is 0 Å². The second-order valence-corrected chi connectivity index (χ2v) is 4.13. The Bertz CT molecular complexity index is 579. The molecule has 5 heteroatoms. The Balaban J connectivity index is 3.02. The minimum Gasteiger partial charge on any atom is -0.496 e. The molecule has 1 heterocycles. The van der Waals surface area contributed by atoms with Crippen molar-refractivity contribution in [2.24, 2.45) is 0 Å². The first-order chi connectivity index (χ1) is 7.15. The Morgan fingerprint density at radius 1 is 1.47 bits per heavy atom. The average Bonchev–Trinajstić information content (AvgIpc) is 2.24. The normalized spacial score (nSPS) is 10.6. The molecular weight excluding hydrogens is 312 g/mol. The summed E-state index contributed by atoms with van der Waals surface area (Å²) >= 11 is 1.90. The van der Waals surface area contributed by atoms with E-state index in [1.165, 1.54) is 25.4 Å². The molecule has 1 N–H and O–H groups in total. The molecular formula is C10H7FINO2. The molecule has 0 spiro atoms. The van der Waals surface area contributed by atoms with Crippen molar-refractivity contribution in [3.05, 3.63) is 37.9 Å². The van der Waals surface area contributed by atoms with E-state index in [4.69, 9.17) is 4.74 Å². The summed E-state index contributed by atoms with van der Waals surface area (Å²) in [5, 5.41) is 0.254. The van der Waals surface area contributed by atoms with Crippen LogP contribution < -0.4 is 10.2 Å². The zero-order chi connectivity index (χ0) is 11.0. The van der Waals surface area contributed by atoms with Crippen LogP contribution in [-0.4, -0.2) is 12.1 Å². The molecule has 0 aliphatic rings. The topological polar surface area (TPSA) is 42.1 Å². The molecule has 2 rings (SSSR count). The first-order valence-corrected chi connectivity index (χ1v) is 5.26. The van der Waals surface area contributed by atoms with Crippen molar-refractivity contribution < 1.29 is 9.13 Å². The fourth-order valence-electron chi connectivity index (χ4n) is 1.42. The summed E-state index contributed by atoms with van der Waals surface area (Å²) in [6.07, 6.45) is 1.48. The Kier molecular flexibility index (Phi) is 2.64. The SMILES string of the molecule is COc1ccc(F)c2[nH]cc(I)c(=O)c12.